The zero-order chi connectivity index (χ0) is 20.2. The first kappa shape index (κ1) is 20.4. The van der Waals surface area contributed by atoms with Crippen molar-refractivity contribution in [2.45, 2.75) is 75.9 Å². The Kier molecular flexibility index (Phi) is 6.26. The molecule has 3 nitrogen and oxygen atoms in total. The number of aryl methyl sites for hydroxylation is 1. The molecule has 2 aliphatic rings. The molecule has 2 unspecified atom stereocenters. The Balaban J connectivity index is 1.61. The fourth-order valence-electron chi connectivity index (χ4n) is 5.55. The van der Waals surface area contributed by atoms with Gasteiger partial charge in [0.1, 0.15) is 12.4 Å². The fraction of sp³-hybridized carbons (Fsp3) is 0.538. The molecule has 2 aromatic rings. The van der Waals surface area contributed by atoms with Crippen LogP contribution in [0.15, 0.2) is 48.5 Å². The Labute approximate surface area is 175 Å². The van der Waals surface area contributed by atoms with Gasteiger partial charge in [0, 0.05) is 5.41 Å². The van der Waals surface area contributed by atoms with Gasteiger partial charge >= 0.3 is 0 Å². The monoisotopic (exact) mass is 393 g/mol. The zero-order valence-corrected chi connectivity index (χ0v) is 17.8. The quantitative estimate of drug-likeness (QED) is 0.610. The number of ether oxygens (including phenoxy) is 1. The molecule has 0 aliphatic heterocycles. The van der Waals surface area contributed by atoms with Crippen LogP contribution in [0, 0.1) is 0 Å². The number of benzene rings is 2. The summed E-state index contributed by atoms with van der Waals surface area (Å²) in [6.45, 7) is 4.79. The molecule has 2 aromatic carbocycles. The summed E-state index contributed by atoms with van der Waals surface area (Å²) in [6, 6.07) is 16.9. The molecule has 0 amide bonds. The smallest absolute Gasteiger partial charge is 0.120 e. The van der Waals surface area contributed by atoms with Crippen molar-refractivity contribution in [3.05, 3.63) is 65.2 Å². The summed E-state index contributed by atoms with van der Waals surface area (Å²) >= 11 is 0. The van der Waals surface area contributed by atoms with E-state index in [4.69, 9.17) is 4.74 Å². The van der Waals surface area contributed by atoms with Crippen molar-refractivity contribution in [2.24, 2.45) is 0 Å². The van der Waals surface area contributed by atoms with Crippen molar-refractivity contribution in [2.75, 3.05) is 13.1 Å². The van der Waals surface area contributed by atoms with Crippen molar-refractivity contribution in [1.29, 1.82) is 0 Å². The van der Waals surface area contributed by atoms with Crippen LogP contribution >= 0.6 is 0 Å². The van der Waals surface area contributed by atoms with Gasteiger partial charge in [-0.05, 0) is 80.4 Å². The molecule has 0 aromatic heterocycles. The maximum absolute atomic E-state index is 11.8. The van der Waals surface area contributed by atoms with Crippen LogP contribution in [0.2, 0.25) is 0 Å². The van der Waals surface area contributed by atoms with E-state index in [1.807, 2.05) is 18.2 Å². The van der Waals surface area contributed by atoms with E-state index in [-0.39, 0.29) is 5.41 Å². The highest BCUT2D eigenvalue weighted by Crippen LogP contribution is 2.55. The lowest BCUT2D eigenvalue weighted by atomic mass is 9.53. The first-order chi connectivity index (χ1) is 14.2. The standard InChI is InChI=1S/C26H35NO2/c1-2-17-27-18-16-25-13-6-7-14-26(25,28)15-12-22-10-11-23(19-24(22)25)29-20-21-8-4-3-5-9-21/h3-5,8-11,19,27-28H,2,6-7,12-18,20H2,1H3. The van der Waals surface area contributed by atoms with Crippen molar-refractivity contribution < 1.29 is 9.84 Å². The largest absolute Gasteiger partial charge is 0.489 e. The second kappa shape index (κ2) is 8.89. The fourth-order valence-corrected chi connectivity index (χ4v) is 5.55. The molecule has 29 heavy (non-hydrogen) atoms. The Morgan fingerprint density at radius 3 is 2.66 bits per heavy atom. The SMILES string of the molecule is CCCNCCC12CCCCC1(O)CCc1ccc(OCc3ccccc3)cc12. The number of aliphatic hydroxyl groups is 1. The zero-order valence-electron chi connectivity index (χ0n) is 17.8. The molecule has 0 saturated heterocycles. The van der Waals surface area contributed by atoms with E-state index in [2.05, 4.69) is 42.6 Å². The molecule has 0 heterocycles. The Morgan fingerprint density at radius 1 is 1.00 bits per heavy atom. The molecule has 0 spiro atoms. The maximum Gasteiger partial charge on any atom is 0.120 e. The third kappa shape index (κ3) is 4.08. The second-order valence-electron chi connectivity index (χ2n) is 8.91. The lowest BCUT2D eigenvalue weighted by Gasteiger charge is -2.55. The molecule has 0 bridgehead atoms. The van der Waals surface area contributed by atoms with E-state index in [9.17, 15) is 5.11 Å². The van der Waals surface area contributed by atoms with Gasteiger partial charge in [-0.1, -0.05) is 56.2 Å². The Hall–Kier alpha value is -1.84. The topological polar surface area (TPSA) is 41.5 Å². The molecule has 156 valence electrons. The van der Waals surface area contributed by atoms with Crippen LogP contribution in [0.5, 0.6) is 5.75 Å². The van der Waals surface area contributed by atoms with Gasteiger partial charge in [0.05, 0.1) is 5.60 Å². The minimum Gasteiger partial charge on any atom is -0.489 e. The number of rotatable bonds is 8. The third-order valence-corrected chi connectivity index (χ3v) is 7.14. The average molecular weight is 394 g/mol. The molecular formula is C26H35NO2. The van der Waals surface area contributed by atoms with Crippen molar-refractivity contribution >= 4 is 0 Å². The molecule has 3 heteroatoms. The van der Waals surface area contributed by atoms with E-state index in [0.29, 0.717) is 6.61 Å². The first-order valence-corrected chi connectivity index (χ1v) is 11.4. The molecular weight excluding hydrogens is 358 g/mol. The van der Waals surface area contributed by atoms with Gasteiger partial charge in [0.15, 0.2) is 0 Å². The molecule has 1 saturated carbocycles. The van der Waals surface area contributed by atoms with Crippen LogP contribution in [-0.2, 0) is 18.4 Å². The van der Waals surface area contributed by atoms with E-state index < -0.39 is 5.60 Å². The lowest BCUT2D eigenvalue weighted by molar-refractivity contribution is -0.0869. The highest BCUT2D eigenvalue weighted by atomic mass is 16.5. The second-order valence-corrected chi connectivity index (χ2v) is 8.91. The summed E-state index contributed by atoms with van der Waals surface area (Å²) in [7, 11) is 0. The van der Waals surface area contributed by atoms with E-state index in [1.54, 1.807) is 0 Å². The maximum atomic E-state index is 11.8. The van der Waals surface area contributed by atoms with E-state index in [1.165, 1.54) is 23.1 Å². The summed E-state index contributed by atoms with van der Waals surface area (Å²) in [5.74, 6) is 0.920. The molecule has 2 N–H and O–H groups in total. The number of fused-ring (bicyclic) bond motifs is 3. The Bertz CT molecular complexity index is 806. The molecule has 1 fully saturated rings. The summed E-state index contributed by atoms with van der Waals surface area (Å²) in [5, 5.41) is 15.4. The Morgan fingerprint density at radius 2 is 1.83 bits per heavy atom. The highest BCUT2D eigenvalue weighted by Gasteiger charge is 2.54. The third-order valence-electron chi connectivity index (χ3n) is 7.14. The molecule has 4 rings (SSSR count). The predicted octanol–water partition coefficient (Wildman–Crippen LogP) is 5.14. The predicted molar refractivity (Wildman–Crippen MR) is 118 cm³/mol. The lowest BCUT2D eigenvalue weighted by Crippen LogP contribution is -2.57. The van der Waals surface area contributed by atoms with Gasteiger partial charge in [-0.25, -0.2) is 0 Å². The van der Waals surface area contributed by atoms with Crippen LogP contribution in [-0.4, -0.2) is 23.8 Å². The molecule has 2 aliphatic carbocycles. The minimum atomic E-state index is -0.579. The van der Waals surface area contributed by atoms with Gasteiger partial charge in [0.25, 0.3) is 0 Å². The minimum absolute atomic E-state index is 0.147. The van der Waals surface area contributed by atoms with Gasteiger partial charge in [-0.2, -0.15) is 0 Å². The van der Waals surface area contributed by atoms with Crippen LogP contribution in [0.25, 0.3) is 0 Å². The van der Waals surface area contributed by atoms with Gasteiger partial charge in [-0.3, -0.25) is 0 Å². The average Bonchev–Trinajstić information content (AvgIpc) is 2.76. The van der Waals surface area contributed by atoms with Crippen LogP contribution in [0.4, 0.5) is 0 Å². The normalized spacial score (nSPS) is 25.9. The van der Waals surface area contributed by atoms with Crippen LogP contribution < -0.4 is 10.1 Å². The van der Waals surface area contributed by atoms with E-state index >= 15 is 0 Å². The number of hydrogen-bond donors (Lipinski definition) is 2. The van der Waals surface area contributed by atoms with Gasteiger partial charge in [0.2, 0.25) is 0 Å². The number of hydrogen-bond acceptors (Lipinski definition) is 3. The summed E-state index contributed by atoms with van der Waals surface area (Å²) in [4.78, 5) is 0. The summed E-state index contributed by atoms with van der Waals surface area (Å²) in [6.07, 6.45) is 8.34. The summed E-state index contributed by atoms with van der Waals surface area (Å²) in [5.41, 5.74) is 3.20. The molecule has 0 radical (unpaired) electrons. The van der Waals surface area contributed by atoms with Crippen molar-refractivity contribution in [1.82, 2.24) is 5.32 Å². The first-order valence-electron chi connectivity index (χ1n) is 11.4. The van der Waals surface area contributed by atoms with Gasteiger partial charge < -0.3 is 15.2 Å². The number of nitrogens with one attached hydrogen (secondary N) is 1. The molecule has 2 atom stereocenters. The highest BCUT2D eigenvalue weighted by molar-refractivity contribution is 5.46. The van der Waals surface area contributed by atoms with Crippen molar-refractivity contribution in [3.63, 3.8) is 0 Å². The van der Waals surface area contributed by atoms with E-state index in [0.717, 1.165) is 63.8 Å². The van der Waals surface area contributed by atoms with Crippen LogP contribution in [0.3, 0.4) is 0 Å². The van der Waals surface area contributed by atoms with Crippen molar-refractivity contribution in [3.8, 4) is 5.75 Å². The van der Waals surface area contributed by atoms with Gasteiger partial charge in [-0.15, -0.1) is 0 Å². The summed E-state index contributed by atoms with van der Waals surface area (Å²) < 4.78 is 6.16. The van der Waals surface area contributed by atoms with Crippen LogP contribution in [0.1, 0.15) is 68.6 Å².